The molecule has 0 bridgehead atoms. The van der Waals surface area contributed by atoms with Gasteiger partial charge in [-0.05, 0) is 53.9 Å². The van der Waals surface area contributed by atoms with Gasteiger partial charge in [-0.1, -0.05) is 18.2 Å². The number of nitrogens with zero attached hydrogens (tertiary/aromatic N) is 1. The second kappa shape index (κ2) is 8.43. The summed E-state index contributed by atoms with van der Waals surface area (Å²) in [5.74, 6) is 0.915. The highest BCUT2D eigenvalue weighted by Crippen LogP contribution is 2.31. The van der Waals surface area contributed by atoms with Crippen molar-refractivity contribution in [2.24, 2.45) is 0 Å². The zero-order valence-electron chi connectivity index (χ0n) is 17.0. The number of hydrogen-bond acceptors (Lipinski definition) is 4. The number of rotatable bonds is 4. The maximum atomic E-state index is 13.1. The Morgan fingerprint density at radius 1 is 1.03 bits per heavy atom. The van der Waals surface area contributed by atoms with Crippen LogP contribution in [-0.4, -0.2) is 23.3 Å². The minimum absolute atomic E-state index is 0.0407. The van der Waals surface area contributed by atoms with Gasteiger partial charge in [0, 0.05) is 41.9 Å². The molecule has 5 nitrogen and oxygen atoms in total. The first-order chi connectivity index (χ1) is 15.6. The monoisotopic (exact) mass is 446 g/mol. The Labute approximate surface area is 188 Å². The van der Waals surface area contributed by atoms with Crippen molar-refractivity contribution in [3.63, 3.8) is 0 Å². The van der Waals surface area contributed by atoms with E-state index in [0.717, 1.165) is 21.8 Å². The number of carbonyl (C=O) groups excluding carboxylic acids is 2. The molecule has 160 valence electrons. The van der Waals surface area contributed by atoms with Crippen molar-refractivity contribution >= 4 is 28.8 Å². The van der Waals surface area contributed by atoms with E-state index in [4.69, 9.17) is 4.42 Å². The summed E-state index contributed by atoms with van der Waals surface area (Å²) >= 11 is 1.45. The van der Waals surface area contributed by atoms with E-state index in [1.54, 1.807) is 6.07 Å². The molecule has 0 atom stereocenters. The molecular weight excluding hydrogens is 427 g/mol. The van der Waals surface area contributed by atoms with Crippen LogP contribution in [0.3, 0.4) is 0 Å². The van der Waals surface area contributed by atoms with Gasteiger partial charge in [0.1, 0.15) is 17.3 Å². The summed E-state index contributed by atoms with van der Waals surface area (Å²) in [5.41, 5.74) is 2.81. The predicted molar refractivity (Wildman–Crippen MR) is 121 cm³/mol. The van der Waals surface area contributed by atoms with Crippen LogP contribution in [0.15, 0.2) is 76.5 Å². The van der Waals surface area contributed by atoms with E-state index in [2.05, 4.69) is 5.32 Å². The number of furan rings is 1. The second-order valence-corrected chi connectivity index (χ2v) is 8.50. The minimum Gasteiger partial charge on any atom is -0.461 e. The lowest BCUT2D eigenvalue weighted by Crippen LogP contribution is -2.35. The van der Waals surface area contributed by atoms with Crippen molar-refractivity contribution in [1.29, 1.82) is 0 Å². The van der Waals surface area contributed by atoms with Crippen molar-refractivity contribution in [3.8, 4) is 11.3 Å². The normalized spacial score (nSPS) is 13.0. The molecule has 0 aliphatic carbocycles. The van der Waals surface area contributed by atoms with Crippen LogP contribution in [-0.2, 0) is 13.0 Å². The number of nitrogens with one attached hydrogen (secondary N) is 1. The van der Waals surface area contributed by atoms with Crippen LogP contribution in [0.1, 0.15) is 31.4 Å². The summed E-state index contributed by atoms with van der Waals surface area (Å²) in [7, 11) is 0. The molecular formula is C25H19FN2O3S. The standard InChI is InChI=1S/C25H19FN2O3S/c26-19-8-6-16(7-9-19)24(29)27-20-4-1-3-17(13-20)22-14-18-15-28(11-10-21(18)31-22)25(30)23-5-2-12-32-23/h1-9,12-14H,10-11,15H2,(H,27,29). The van der Waals surface area contributed by atoms with Crippen molar-refractivity contribution in [3.05, 3.63) is 99.7 Å². The number of hydrogen-bond donors (Lipinski definition) is 1. The van der Waals surface area contributed by atoms with Gasteiger partial charge in [-0.25, -0.2) is 4.39 Å². The van der Waals surface area contributed by atoms with E-state index >= 15 is 0 Å². The first-order valence-corrected chi connectivity index (χ1v) is 11.1. The highest BCUT2D eigenvalue weighted by atomic mass is 32.1. The van der Waals surface area contributed by atoms with Gasteiger partial charge in [0.05, 0.1) is 4.88 Å². The third kappa shape index (κ3) is 4.07. The number of fused-ring (bicyclic) bond motifs is 1. The number of benzene rings is 2. The third-order valence-electron chi connectivity index (χ3n) is 5.40. The first kappa shape index (κ1) is 20.2. The summed E-state index contributed by atoms with van der Waals surface area (Å²) in [4.78, 5) is 27.7. The molecule has 5 rings (SSSR count). The summed E-state index contributed by atoms with van der Waals surface area (Å²) in [6, 6.07) is 18.4. The molecule has 0 saturated carbocycles. The lowest BCUT2D eigenvalue weighted by Gasteiger charge is -2.25. The molecule has 32 heavy (non-hydrogen) atoms. The molecule has 1 aliphatic rings. The Morgan fingerprint density at radius 3 is 2.66 bits per heavy atom. The Hall–Kier alpha value is -3.71. The predicted octanol–water partition coefficient (Wildman–Crippen LogP) is 5.60. The molecule has 1 N–H and O–H groups in total. The SMILES string of the molecule is O=C(Nc1cccc(-c2cc3c(o2)CCN(C(=O)c2cccs2)C3)c1)c1ccc(F)cc1. The fraction of sp³-hybridized carbons (Fsp3) is 0.120. The van der Waals surface area contributed by atoms with Crippen LogP contribution in [0, 0.1) is 5.82 Å². The van der Waals surface area contributed by atoms with Gasteiger partial charge in [-0.15, -0.1) is 11.3 Å². The minimum atomic E-state index is -0.388. The summed E-state index contributed by atoms with van der Waals surface area (Å²) in [5, 5.41) is 4.74. The van der Waals surface area contributed by atoms with Gasteiger partial charge in [0.15, 0.2) is 0 Å². The van der Waals surface area contributed by atoms with Gasteiger partial charge in [-0.2, -0.15) is 0 Å². The zero-order chi connectivity index (χ0) is 22.1. The van der Waals surface area contributed by atoms with E-state index in [-0.39, 0.29) is 17.6 Å². The molecule has 1 aliphatic heterocycles. The molecule has 0 radical (unpaired) electrons. The number of thiophene rings is 1. The first-order valence-electron chi connectivity index (χ1n) is 10.2. The Kier molecular flexibility index (Phi) is 5.33. The molecule has 2 aromatic heterocycles. The van der Waals surface area contributed by atoms with Gasteiger partial charge >= 0.3 is 0 Å². The number of amides is 2. The summed E-state index contributed by atoms with van der Waals surface area (Å²) in [6.45, 7) is 1.13. The molecule has 0 spiro atoms. The van der Waals surface area contributed by atoms with Crippen molar-refractivity contribution in [1.82, 2.24) is 4.90 Å². The van der Waals surface area contributed by atoms with Crippen LogP contribution < -0.4 is 5.32 Å². The maximum absolute atomic E-state index is 13.1. The largest absolute Gasteiger partial charge is 0.461 e. The van der Waals surface area contributed by atoms with E-state index in [9.17, 15) is 14.0 Å². The van der Waals surface area contributed by atoms with Crippen molar-refractivity contribution < 1.29 is 18.4 Å². The number of halogens is 1. The molecule has 3 heterocycles. The Morgan fingerprint density at radius 2 is 1.88 bits per heavy atom. The van der Waals surface area contributed by atoms with Gasteiger partial charge in [0.2, 0.25) is 0 Å². The lowest BCUT2D eigenvalue weighted by atomic mass is 10.1. The average molecular weight is 447 g/mol. The third-order valence-corrected chi connectivity index (χ3v) is 6.26. The van der Waals surface area contributed by atoms with E-state index < -0.39 is 0 Å². The molecule has 4 aromatic rings. The van der Waals surface area contributed by atoms with Crippen LogP contribution in [0.4, 0.5) is 10.1 Å². The molecule has 2 aromatic carbocycles. The molecule has 7 heteroatoms. The van der Waals surface area contributed by atoms with E-state index in [0.29, 0.717) is 36.5 Å². The van der Waals surface area contributed by atoms with E-state index in [1.165, 1.54) is 35.6 Å². The summed E-state index contributed by atoms with van der Waals surface area (Å²) < 4.78 is 19.2. The van der Waals surface area contributed by atoms with Crippen LogP contribution in [0.25, 0.3) is 11.3 Å². The summed E-state index contributed by atoms with van der Waals surface area (Å²) in [6.07, 6.45) is 0.660. The number of anilines is 1. The molecule has 0 fully saturated rings. The molecule has 2 amide bonds. The van der Waals surface area contributed by atoms with Crippen molar-refractivity contribution in [2.75, 3.05) is 11.9 Å². The molecule has 0 saturated heterocycles. The maximum Gasteiger partial charge on any atom is 0.264 e. The Balaban J connectivity index is 1.33. The van der Waals surface area contributed by atoms with E-state index in [1.807, 2.05) is 46.7 Å². The van der Waals surface area contributed by atoms with Gasteiger partial charge < -0.3 is 14.6 Å². The number of carbonyl (C=O) groups is 2. The fourth-order valence-electron chi connectivity index (χ4n) is 3.76. The average Bonchev–Trinajstić information content (AvgIpc) is 3.49. The van der Waals surface area contributed by atoms with Crippen molar-refractivity contribution in [2.45, 2.75) is 13.0 Å². The quantitative estimate of drug-likeness (QED) is 0.444. The smallest absolute Gasteiger partial charge is 0.264 e. The lowest BCUT2D eigenvalue weighted by molar-refractivity contribution is 0.0734. The highest BCUT2D eigenvalue weighted by molar-refractivity contribution is 7.12. The van der Waals surface area contributed by atoms with Crippen LogP contribution in [0.5, 0.6) is 0 Å². The Bertz CT molecular complexity index is 1280. The topological polar surface area (TPSA) is 62.6 Å². The van der Waals surface area contributed by atoms with Gasteiger partial charge in [0.25, 0.3) is 11.8 Å². The zero-order valence-corrected chi connectivity index (χ0v) is 17.8. The highest BCUT2D eigenvalue weighted by Gasteiger charge is 2.25. The fourth-order valence-corrected chi connectivity index (χ4v) is 4.45. The van der Waals surface area contributed by atoms with Gasteiger partial charge in [-0.3, -0.25) is 9.59 Å². The molecule has 0 unspecified atom stereocenters. The second-order valence-electron chi connectivity index (χ2n) is 7.55. The van der Waals surface area contributed by atoms with Crippen LogP contribution >= 0.6 is 11.3 Å². The van der Waals surface area contributed by atoms with Crippen LogP contribution in [0.2, 0.25) is 0 Å².